The Morgan fingerprint density at radius 3 is 2.28 bits per heavy atom. The molecule has 92 valence electrons. The molecule has 3 N–H and O–H groups in total. The zero-order chi connectivity index (χ0) is 12.8. The van der Waals surface area contributed by atoms with Gasteiger partial charge in [0.2, 0.25) is 0 Å². The van der Waals surface area contributed by atoms with Gasteiger partial charge in [-0.05, 0) is 23.6 Å². The van der Waals surface area contributed by atoms with Crippen LogP contribution in [-0.4, -0.2) is 15.2 Å². The van der Waals surface area contributed by atoms with Crippen LogP contribution in [0.15, 0.2) is 60.8 Å². The van der Waals surface area contributed by atoms with E-state index in [2.05, 4.69) is 23.2 Å². The highest BCUT2D eigenvalue weighted by molar-refractivity contribution is 5.78. The molecule has 3 aromatic rings. The number of rotatable bonds is 1. The monoisotopic (exact) mass is 241 g/mol. The minimum absolute atomic E-state index is 0.104. The predicted octanol–water partition coefficient (Wildman–Crippen LogP) is 3.05. The van der Waals surface area contributed by atoms with Crippen molar-refractivity contribution in [2.75, 3.05) is 0 Å². The number of hydrogen-bond acceptors (Lipinski definition) is 2. The van der Waals surface area contributed by atoms with E-state index in [1.807, 2.05) is 18.3 Å². The minimum Gasteiger partial charge on any atom is -0.508 e. The molecule has 0 saturated heterocycles. The summed E-state index contributed by atoms with van der Waals surface area (Å²) in [6.45, 7) is -0.104. The molecule has 0 unspecified atom stereocenters. The van der Waals surface area contributed by atoms with Crippen molar-refractivity contribution in [1.29, 1.82) is 0 Å². The Morgan fingerprint density at radius 1 is 0.889 bits per heavy atom. The van der Waals surface area contributed by atoms with Crippen LogP contribution in [0.2, 0.25) is 0 Å². The Hall–Kier alpha value is -2.26. The van der Waals surface area contributed by atoms with Crippen molar-refractivity contribution in [2.24, 2.45) is 0 Å². The van der Waals surface area contributed by atoms with Crippen LogP contribution in [0.1, 0.15) is 5.56 Å². The number of aromatic nitrogens is 1. The number of para-hydroxylation sites is 2. The van der Waals surface area contributed by atoms with Gasteiger partial charge in [0.05, 0.1) is 6.61 Å². The maximum Gasteiger partial charge on any atom is 0.121 e. The second-order valence-electron chi connectivity index (χ2n) is 3.85. The average Bonchev–Trinajstić information content (AvgIpc) is 2.88. The summed E-state index contributed by atoms with van der Waals surface area (Å²) in [5, 5.41) is 18.8. The number of nitrogens with one attached hydrogen (secondary N) is 1. The highest BCUT2D eigenvalue weighted by atomic mass is 16.3. The van der Waals surface area contributed by atoms with Crippen molar-refractivity contribution in [2.45, 2.75) is 6.61 Å². The first-order valence-corrected chi connectivity index (χ1v) is 5.71. The van der Waals surface area contributed by atoms with E-state index in [1.165, 1.54) is 10.9 Å². The van der Waals surface area contributed by atoms with E-state index < -0.39 is 0 Å². The minimum atomic E-state index is -0.104. The molecule has 18 heavy (non-hydrogen) atoms. The molecule has 0 saturated carbocycles. The molecule has 2 aromatic carbocycles. The van der Waals surface area contributed by atoms with Gasteiger partial charge in [-0.2, -0.15) is 0 Å². The maximum absolute atomic E-state index is 8.95. The van der Waals surface area contributed by atoms with Gasteiger partial charge in [0.1, 0.15) is 5.75 Å². The fourth-order valence-electron chi connectivity index (χ4n) is 1.64. The summed E-state index contributed by atoms with van der Waals surface area (Å²) < 4.78 is 0. The topological polar surface area (TPSA) is 56.2 Å². The van der Waals surface area contributed by atoms with E-state index in [0.29, 0.717) is 5.56 Å². The SMILES string of the molecule is OCc1ccccc1O.c1ccc2[nH]ccc2c1. The summed E-state index contributed by atoms with van der Waals surface area (Å²) >= 11 is 0. The largest absolute Gasteiger partial charge is 0.508 e. The first kappa shape index (κ1) is 12.2. The van der Waals surface area contributed by atoms with E-state index in [1.54, 1.807) is 24.3 Å². The molecule has 1 aromatic heterocycles. The fraction of sp³-hybridized carbons (Fsp3) is 0.0667. The normalized spacial score (nSPS) is 9.83. The Balaban J connectivity index is 0.000000134. The van der Waals surface area contributed by atoms with Gasteiger partial charge in [-0.25, -0.2) is 0 Å². The van der Waals surface area contributed by atoms with Gasteiger partial charge in [-0.1, -0.05) is 36.4 Å². The molecule has 3 heteroatoms. The number of benzene rings is 2. The van der Waals surface area contributed by atoms with Crippen LogP contribution < -0.4 is 0 Å². The lowest BCUT2D eigenvalue weighted by Gasteiger charge is -1.96. The summed E-state index contributed by atoms with van der Waals surface area (Å²) in [6.07, 6.45) is 1.95. The van der Waals surface area contributed by atoms with E-state index in [-0.39, 0.29) is 12.4 Å². The smallest absolute Gasteiger partial charge is 0.121 e. The first-order valence-electron chi connectivity index (χ1n) is 5.71. The molecular formula is C15H15NO2. The van der Waals surface area contributed by atoms with Crippen molar-refractivity contribution in [3.63, 3.8) is 0 Å². The zero-order valence-electron chi connectivity index (χ0n) is 9.88. The van der Waals surface area contributed by atoms with Crippen LogP contribution in [0.4, 0.5) is 0 Å². The number of aromatic amines is 1. The van der Waals surface area contributed by atoms with Crippen molar-refractivity contribution in [3.05, 3.63) is 66.4 Å². The number of aromatic hydroxyl groups is 1. The van der Waals surface area contributed by atoms with Gasteiger partial charge in [0.15, 0.2) is 0 Å². The van der Waals surface area contributed by atoms with Gasteiger partial charge in [-0.3, -0.25) is 0 Å². The molecule has 0 aliphatic heterocycles. The molecule has 0 spiro atoms. The van der Waals surface area contributed by atoms with Crippen LogP contribution in [0.25, 0.3) is 10.9 Å². The number of aliphatic hydroxyl groups is 1. The molecule has 0 aliphatic rings. The summed E-state index contributed by atoms with van der Waals surface area (Å²) in [6, 6.07) is 17.0. The molecule has 3 rings (SSSR count). The molecule has 0 radical (unpaired) electrons. The summed E-state index contributed by atoms with van der Waals surface area (Å²) in [7, 11) is 0. The third-order valence-electron chi connectivity index (χ3n) is 2.62. The van der Waals surface area contributed by atoms with E-state index in [0.717, 1.165) is 0 Å². The molecule has 0 atom stereocenters. The van der Waals surface area contributed by atoms with Gasteiger partial charge in [0.25, 0.3) is 0 Å². The van der Waals surface area contributed by atoms with Crippen molar-refractivity contribution in [1.82, 2.24) is 4.98 Å². The average molecular weight is 241 g/mol. The molecule has 0 amide bonds. The first-order chi connectivity index (χ1) is 8.81. The Labute approximate surface area is 105 Å². The Kier molecular flexibility index (Phi) is 3.99. The molecular weight excluding hydrogens is 226 g/mol. The van der Waals surface area contributed by atoms with Crippen LogP contribution >= 0.6 is 0 Å². The number of H-pyrrole nitrogens is 1. The van der Waals surface area contributed by atoms with E-state index >= 15 is 0 Å². The van der Waals surface area contributed by atoms with Crippen LogP contribution in [0.5, 0.6) is 5.75 Å². The predicted molar refractivity (Wildman–Crippen MR) is 72.3 cm³/mol. The van der Waals surface area contributed by atoms with Crippen LogP contribution in [0, 0.1) is 0 Å². The lowest BCUT2D eigenvalue weighted by Crippen LogP contribution is -1.80. The molecule has 3 nitrogen and oxygen atoms in total. The fourth-order valence-corrected chi connectivity index (χ4v) is 1.64. The standard InChI is InChI=1S/C8H7N.C7H8O2/c1-2-4-8-7(3-1)5-6-9-8;8-5-6-3-1-2-4-7(6)9/h1-6,9H;1-4,8-9H,5H2. The van der Waals surface area contributed by atoms with Gasteiger partial charge < -0.3 is 15.2 Å². The lowest BCUT2D eigenvalue weighted by atomic mass is 10.2. The second kappa shape index (κ2) is 5.89. The quantitative estimate of drug-likeness (QED) is 0.613. The zero-order valence-corrected chi connectivity index (χ0v) is 9.88. The highest BCUT2D eigenvalue weighted by Crippen LogP contribution is 2.14. The third-order valence-corrected chi connectivity index (χ3v) is 2.62. The van der Waals surface area contributed by atoms with E-state index in [4.69, 9.17) is 10.2 Å². The van der Waals surface area contributed by atoms with E-state index in [9.17, 15) is 0 Å². The van der Waals surface area contributed by atoms with Crippen molar-refractivity contribution in [3.8, 4) is 5.75 Å². The summed E-state index contributed by atoms with van der Waals surface area (Å²) in [5.41, 5.74) is 1.77. The van der Waals surface area contributed by atoms with Gasteiger partial charge >= 0.3 is 0 Å². The molecule has 0 bridgehead atoms. The van der Waals surface area contributed by atoms with Crippen LogP contribution in [-0.2, 0) is 6.61 Å². The number of phenols is 1. The highest BCUT2D eigenvalue weighted by Gasteiger charge is 1.93. The molecule has 0 aliphatic carbocycles. The second-order valence-corrected chi connectivity index (χ2v) is 3.85. The van der Waals surface area contributed by atoms with Crippen molar-refractivity contribution >= 4 is 10.9 Å². The Morgan fingerprint density at radius 2 is 1.61 bits per heavy atom. The number of fused-ring (bicyclic) bond motifs is 1. The molecule has 0 fully saturated rings. The third kappa shape index (κ3) is 2.90. The number of aliphatic hydroxyl groups excluding tert-OH is 1. The van der Waals surface area contributed by atoms with Gasteiger partial charge in [-0.15, -0.1) is 0 Å². The lowest BCUT2D eigenvalue weighted by molar-refractivity contribution is 0.275. The summed E-state index contributed by atoms with van der Waals surface area (Å²) in [5.74, 6) is 0.153. The Bertz CT molecular complexity index is 586. The van der Waals surface area contributed by atoms with Gasteiger partial charge in [0, 0.05) is 17.3 Å². The maximum atomic E-state index is 8.95. The molecule has 1 heterocycles. The van der Waals surface area contributed by atoms with Crippen molar-refractivity contribution < 1.29 is 10.2 Å². The summed E-state index contributed by atoms with van der Waals surface area (Å²) in [4.78, 5) is 3.12. The number of hydrogen-bond donors (Lipinski definition) is 3. The van der Waals surface area contributed by atoms with Crippen LogP contribution in [0.3, 0.4) is 0 Å².